The summed E-state index contributed by atoms with van der Waals surface area (Å²) in [5.74, 6) is -0.216. The van der Waals surface area contributed by atoms with Crippen LogP contribution in [0.3, 0.4) is 0 Å². The summed E-state index contributed by atoms with van der Waals surface area (Å²) < 4.78 is 1.50. The van der Waals surface area contributed by atoms with Crippen LogP contribution in [0.1, 0.15) is 35.9 Å². The Hall–Kier alpha value is -2.05. The lowest BCUT2D eigenvalue weighted by molar-refractivity contribution is -0.122. The predicted molar refractivity (Wildman–Crippen MR) is 70.5 cm³/mol. The molecule has 1 aliphatic heterocycles. The van der Waals surface area contributed by atoms with Crippen LogP contribution in [0.5, 0.6) is 0 Å². The first kappa shape index (κ1) is 13.4. The summed E-state index contributed by atoms with van der Waals surface area (Å²) in [6.07, 6.45) is 1.77. The topological polar surface area (TPSA) is 102 Å². The number of piperidine rings is 1. The van der Waals surface area contributed by atoms with Gasteiger partial charge in [0.1, 0.15) is 5.69 Å². The van der Waals surface area contributed by atoms with Gasteiger partial charge in [-0.05, 0) is 12.8 Å². The number of aromatic nitrogens is 2. The van der Waals surface area contributed by atoms with Gasteiger partial charge in [0.2, 0.25) is 5.91 Å². The highest BCUT2D eigenvalue weighted by atomic mass is 16.2. The van der Waals surface area contributed by atoms with Gasteiger partial charge in [0.05, 0.1) is 11.4 Å². The van der Waals surface area contributed by atoms with Gasteiger partial charge in [0.25, 0.3) is 5.91 Å². The minimum atomic E-state index is -0.242. The Bertz CT molecular complexity index is 498. The van der Waals surface area contributed by atoms with E-state index < -0.39 is 0 Å². The van der Waals surface area contributed by atoms with Gasteiger partial charge in [-0.25, -0.2) is 0 Å². The molecule has 2 heterocycles. The number of nitrogens with zero attached hydrogens (tertiary/aromatic N) is 2. The molecule has 19 heavy (non-hydrogen) atoms. The molecule has 104 valence electrons. The number of carbonyl (C=O) groups excluding carboxylic acids is 2. The van der Waals surface area contributed by atoms with Gasteiger partial charge < -0.3 is 16.4 Å². The van der Waals surface area contributed by atoms with Gasteiger partial charge in [0, 0.05) is 26.1 Å². The molecular weight excluding hydrogens is 246 g/mol. The van der Waals surface area contributed by atoms with Crippen LogP contribution in [-0.4, -0.2) is 34.2 Å². The molecule has 7 nitrogen and oxygen atoms in total. The number of rotatable bonds is 3. The minimum absolute atomic E-state index is 0.0267. The zero-order valence-electron chi connectivity index (χ0n) is 11.2. The van der Waals surface area contributed by atoms with Crippen molar-refractivity contribution in [2.45, 2.75) is 32.2 Å². The monoisotopic (exact) mass is 265 g/mol. The molecule has 1 aromatic rings. The second kappa shape index (κ2) is 5.29. The molecule has 7 heteroatoms. The number of aryl methyl sites for hydroxylation is 2. The molecule has 1 aliphatic rings. The number of hydrogen-bond acceptors (Lipinski definition) is 4. The van der Waals surface area contributed by atoms with E-state index in [2.05, 4.69) is 15.7 Å². The summed E-state index contributed by atoms with van der Waals surface area (Å²) in [4.78, 5) is 23.3. The van der Waals surface area contributed by atoms with Crippen molar-refractivity contribution in [1.29, 1.82) is 0 Å². The average molecular weight is 265 g/mol. The normalized spacial score (nSPS) is 19.1. The highest BCUT2D eigenvalue weighted by molar-refractivity contribution is 5.98. The smallest absolute Gasteiger partial charge is 0.271 e. The Morgan fingerprint density at radius 3 is 2.89 bits per heavy atom. The summed E-state index contributed by atoms with van der Waals surface area (Å²) in [7, 11) is 1.70. The average Bonchev–Trinajstić information content (AvgIpc) is 2.67. The third-order valence-electron chi connectivity index (χ3n) is 3.31. The molecule has 1 unspecified atom stereocenters. The zero-order valence-corrected chi connectivity index (χ0v) is 11.2. The molecule has 2 rings (SSSR count). The fourth-order valence-corrected chi connectivity index (χ4v) is 2.24. The fraction of sp³-hybridized carbons (Fsp3) is 0.583. The number of nitrogens with one attached hydrogen (secondary N) is 2. The number of nitrogen functional groups attached to an aromatic ring is 1. The summed E-state index contributed by atoms with van der Waals surface area (Å²) >= 11 is 0. The van der Waals surface area contributed by atoms with Crippen LogP contribution in [0.15, 0.2) is 0 Å². The van der Waals surface area contributed by atoms with Crippen LogP contribution >= 0.6 is 0 Å². The molecule has 0 radical (unpaired) electrons. The van der Waals surface area contributed by atoms with Crippen molar-refractivity contribution in [3.63, 3.8) is 0 Å². The molecule has 2 amide bonds. The van der Waals surface area contributed by atoms with E-state index in [0.717, 1.165) is 5.69 Å². The second-order valence-corrected chi connectivity index (χ2v) is 4.70. The molecule has 0 bridgehead atoms. The van der Waals surface area contributed by atoms with Crippen LogP contribution < -0.4 is 16.4 Å². The molecule has 0 saturated carbocycles. The largest absolute Gasteiger partial charge is 0.395 e. The van der Waals surface area contributed by atoms with Crippen molar-refractivity contribution in [3.8, 4) is 0 Å². The van der Waals surface area contributed by atoms with E-state index in [4.69, 9.17) is 5.73 Å². The van der Waals surface area contributed by atoms with Crippen molar-refractivity contribution in [2.24, 2.45) is 7.05 Å². The SMILES string of the molecule is CCc1nn(C)c(C(=O)NC2CCC(=O)NC2)c1N. The molecule has 0 spiro atoms. The van der Waals surface area contributed by atoms with Crippen LogP contribution in [0.2, 0.25) is 0 Å². The van der Waals surface area contributed by atoms with Gasteiger partial charge in [-0.3, -0.25) is 14.3 Å². The number of anilines is 1. The molecule has 1 aromatic heterocycles. The molecular formula is C12H19N5O2. The summed E-state index contributed by atoms with van der Waals surface area (Å²) in [6.45, 7) is 2.40. The summed E-state index contributed by atoms with van der Waals surface area (Å²) in [5.41, 5.74) is 7.47. The van der Waals surface area contributed by atoms with Crippen LogP contribution in [0.25, 0.3) is 0 Å². The van der Waals surface area contributed by atoms with Crippen molar-refractivity contribution in [1.82, 2.24) is 20.4 Å². The predicted octanol–water partition coefficient (Wildman–Crippen LogP) is -0.427. The first-order valence-corrected chi connectivity index (χ1v) is 6.41. The lowest BCUT2D eigenvalue weighted by Gasteiger charge is -2.23. The molecule has 1 saturated heterocycles. The van der Waals surface area contributed by atoms with Gasteiger partial charge in [0.15, 0.2) is 0 Å². The van der Waals surface area contributed by atoms with E-state index in [1.807, 2.05) is 6.92 Å². The van der Waals surface area contributed by atoms with E-state index in [-0.39, 0.29) is 17.9 Å². The Morgan fingerprint density at radius 1 is 1.63 bits per heavy atom. The highest BCUT2D eigenvalue weighted by Gasteiger charge is 2.24. The van der Waals surface area contributed by atoms with E-state index in [9.17, 15) is 9.59 Å². The standard InChI is InChI=1S/C12H19N5O2/c1-3-8-10(13)11(17(2)16-8)12(19)15-7-4-5-9(18)14-6-7/h7H,3-6,13H2,1-2H3,(H,14,18)(H,15,19). The summed E-state index contributed by atoms with van der Waals surface area (Å²) in [5, 5.41) is 9.82. The second-order valence-electron chi connectivity index (χ2n) is 4.70. The van der Waals surface area contributed by atoms with Gasteiger partial charge in [-0.1, -0.05) is 6.92 Å². The fourth-order valence-electron chi connectivity index (χ4n) is 2.24. The van der Waals surface area contributed by atoms with Crippen LogP contribution in [-0.2, 0) is 18.3 Å². The third kappa shape index (κ3) is 2.69. The van der Waals surface area contributed by atoms with Gasteiger partial charge in [-0.2, -0.15) is 5.10 Å². The van der Waals surface area contributed by atoms with Crippen molar-refractivity contribution in [3.05, 3.63) is 11.4 Å². The number of amides is 2. The zero-order chi connectivity index (χ0) is 14.0. The lowest BCUT2D eigenvalue weighted by Crippen LogP contribution is -2.48. The number of nitrogens with two attached hydrogens (primary N) is 1. The Balaban J connectivity index is 2.08. The molecule has 1 fully saturated rings. The number of hydrogen-bond donors (Lipinski definition) is 3. The van der Waals surface area contributed by atoms with Crippen LogP contribution in [0.4, 0.5) is 5.69 Å². The van der Waals surface area contributed by atoms with Gasteiger partial charge in [-0.15, -0.1) is 0 Å². The maximum absolute atomic E-state index is 12.2. The highest BCUT2D eigenvalue weighted by Crippen LogP contribution is 2.17. The Morgan fingerprint density at radius 2 is 2.37 bits per heavy atom. The number of carbonyl (C=O) groups is 2. The first-order chi connectivity index (χ1) is 9.02. The maximum atomic E-state index is 12.2. The molecule has 0 aliphatic carbocycles. The van der Waals surface area contributed by atoms with E-state index in [0.29, 0.717) is 37.2 Å². The van der Waals surface area contributed by atoms with Crippen molar-refractivity contribution >= 4 is 17.5 Å². The Kier molecular flexibility index (Phi) is 3.73. The Labute approximate surface area is 111 Å². The molecule has 4 N–H and O–H groups in total. The van der Waals surface area contributed by atoms with Crippen molar-refractivity contribution in [2.75, 3.05) is 12.3 Å². The quantitative estimate of drug-likeness (QED) is 0.690. The van der Waals surface area contributed by atoms with E-state index in [1.54, 1.807) is 7.05 Å². The van der Waals surface area contributed by atoms with Crippen LogP contribution in [0, 0.1) is 0 Å². The summed E-state index contributed by atoms with van der Waals surface area (Å²) in [6, 6.07) is -0.0513. The minimum Gasteiger partial charge on any atom is -0.395 e. The van der Waals surface area contributed by atoms with E-state index >= 15 is 0 Å². The lowest BCUT2D eigenvalue weighted by atomic mass is 10.1. The molecule has 0 aromatic carbocycles. The first-order valence-electron chi connectivity index (χ1n) is 6.41. The van der Waals surface area contributed by atoms with E-state index in [1.165, 1.54) is 4.68 Å². The third-order valence-corrected chi connectivity index (χ3v) is 3.31. The molecule has 1 atom stereocenters. The van der Waals surface area contributed by atoms with Crippen molar-refractivity contribution < 1.29 is 9.59 Å². The van der Waals surface area contributed by atoms with Gasteiger partial charge >= 0.3 is 0 Å². The maximum Gasteiger partial charge on any atom is 0.271 e.